The molecule has 8 nitrogen and oxygen atoms in total. The fourth-order valence-electron chi connectivity index (χ4n) is 3.22. The van der Waals surface area contributed by atoms with Gasteiger partial charge in [0.2, 0.25) is 5.91 Å². The standard InChI is InChI=1S/C22H31BrN2O6/c1-22(2,3)10-9-16(26)17(27)18(28)19(31-4)21(30)25-15-7-5-12-11-13(23)6-8-14(12)24-20(15)29/h6,8-11,15-19,26-28H,5,7H2,1-4H3,(H,24,29)(H,25,30)/t15?,16-,17+,18-,19-/m1/s1. The molecule has 0 radical (unpaired) electrons. The van der Waals surface area contributed by atoms with Crippen molar-refractivity contribution >= 4 is 33.4 Å². The highest BCUT2D eigenvalue weighted by molar-refractivity contribution is 9.10. The number of aliphatic hydroxyl groups excluding tert-OH is 3. The molecular formula is C22H31BrN2O6. The number of aliphatic hydroxyl groups is 3. The van der Waals surface area contributed by atoms with Gasteiger partial charge in [0.25, 0.3) is 5.91 Å². The Labute approximate surface area is 190 Å². The van der Waals surface area contributed by atoms with Crippen LogP contribution in [-0.4, -0.2) is 64.7 Å². The largest absolute Gasteiger partial charge is 0.387 e. The van der Waals surface area contributed by atoms with Crippen molar-refractivity contribution in [3.8, 4) is 0 Å². The Morgan fingerprint density at radius 3 is 2.58 bits per heavy atom. The van der Waals surface area contributed by atoms with Crippen molar-refractivity contribution in [3.63, 3.8) is 0 Å². The number of halogens is 1. The van der Waals surface area contributed by atoms with E-state index in [0.29, 0.717) is 18.5 Å². The average molecular weight is 499 g/mol. The Balaban J connectivity index is 2.05. The summed E-state index contributed by atoms with van der Waals surface area (Å²) < 4.78 is 5.97. The molecule has 2 rings (SSSR count). The molecule has 1 heterocycles. The molecule has 9 heteroatoms. The number of fused-ring (bicyclic) bond motifs is 1. The van der Waals surface area contributed by atoms with Gasteiger partial charge in [-0.3, -0.25) is 9.59 Å². The molecule has 0 aliphatic carbocycles. The molecule has 1 aliphatic heterocycles. The molecule has 2 amide bonds. The number of carbonyl (C=O) groups is 2. The van der Waals surface area contributed by atoms with Gasteiger partial charge in [0.05, 0.1) is 0 Å². The van der Waals surface area contributed by atoms with E-state index in [9.17, 15) is 24.9 Å². The number of allylic oxidation sites excluding steroid dienone is 1. The van der Waals surface area contributed by atoms with Gasteiger partial charge >= 0.3 is 0 Å². The predicted octanol–water partition coefficient (Wildman–Crippen LogP) is 1.52. The normalized spacial score (nSPS) is 20.9. The zero-order valence-electron chi connectivity index (χ0n) is 18.1. The van der Waals surface area contributed by atoms with Gasteiger partial charge in [0.1, 0.15) is 24.4 Å². The molecule has 5 N–H and O–H groups in total. The van der Waals surface area contributed by atoms with Gasteiger partial charge in [-0.25, -0.2) is 0 Å². The summed E-state index contributed by atoms with van der Waals surface area (Å²) in [4.78, 5) is 25.3. The Morgan fingerprint density at radius 1 is 1.29 bits per heavy atom. The van der Waals surface area contributed by atoms with Crippen molar-refractivity contribution in [2.24, 2.45) is 5.41 Å². The fraction of sp³-hybridized carbons (Fsp3) is 0.545. The van der Waals surface area contributed by atoms with E-state index in [-0.39, 0.29) is 11.3 Å². The van der Waals surface area contributed by atoms with Crippen molar-refractivity contribution in [2.75, 3.05) is 12.4 Å². The number of amides is 2. The summed E-state index contributed by atoms with van der Waals surface area (Å²) in [7, 11) is 1.21. The van der Waals surface area contributed by atoms with Crippen molar-refractivity contribution in [1.29, 1.82) is 0 Å². The highest BCUT2D eigenvalue weighted by Crippen LogP contribution is 2.26. The first-order valence-corrected chi connectivity index (χ1v) is 10.9. The second-order valence-corrected chi connectivity index (χ2v) is 9.66. The molecular weight excluding hydrogens is 468 g/mol. The van der Waals surface area contributed by atoms with Crippen molar-refractivity contribution in [2.45, 2.75) is 64.1 Å². The molecule has 0 spiro atoms. The van der Waals surface area contributed by atoms with Crippen LogP contribution < -0.4 is 10.6 Å². The maximum absolute atomic E-state index is 12.7. The summed E-state index contributed by atoms with van der Waals surface area (Å²) in [6.45, 7) is 5.75. The lowest BCUT2D eigenvalue weighted by Gasteiger charge is -2.28. The van der Waals surface area contributed by atoms with Gasteiger partial charge in [-0.1, -0.05) is 48.9 Å². The molecule has 31 heavy (non-hydrogen) atoms. The van der Waals surface area contributed by atoms with Gasteiger partial charge in [0.15, 0.2) is 6.10 Å². The van der Waals surface area contributed by atoms with Crippen LogP contribution in [0.15, 0.2) is 34.8 Å². The number of rotatable bonds is 7. The van der Waals surface area contributed by atoms with Crippen LogP contribution in [0, 0.1) is 5.41 Å². The summed E-state index contributed by atoms with van der Waals surface area (Å²) >= 11 is 3.40. The maximum Gasteiger partial charge on any atom is 0.252 e. The Kier molecular flexibility index (Phi) is 8.79. The molecule has 0 aromatic heterocycles. The third-order valence-electron chi connectivity index (χ3n) is 4.98. The second-order valence-electron chi connectivity index (χ2n) is 8.74. The van der Waals surface area contributed by atoms with Crippen LogP contribution >= 0.6 is 15.9 Å². The van der Waals surface area contributed by atoms with Crippen LogP contribution in [0.2, 0.25) is 0 Å². The summed E-state index contributed by atoms with van der Waals surface area (Å²) in [5.74, 6) is -1.14. The first-order valence-electron chi connectivity index (χ1n) is 10.1. The SMILES string of the molecule is CO[C@@H](C(=O)NC1CCc2cc(Br)ccc2NC1=O)[C@H](O)[C@@H](O)[C@H](O)C=CC(C)(C)C. The molecule has 5 atom stereocenters. The fourth-order valence-corrected chi connectivity index (χ4v) is 3.63. The van der Waals surface area contributed by atoms with E-state index in [4.69, 9.17) is 4.74 Å². The molecule has 0 bridgehead atoms. The second kappa shape index (κ2) is 10.7. The van der Waals surface area contributed by atoms with E-state index < -0.39 is 36.4 Å². The Bertz CT molecular complexity index is 823. The maximum atomic E-state index is 12.7. The van der Waals surface area contributed by atoms with Crippen LogP contribution in [0.25, 0.3) is 0 Å². The van der Waals surface area contributed by atoms with E-state index in [1.54, 1.807) is 12.1 Å². The highest BCUT2D eigenvalue weighted by Gasteiger charge is 2.37. The number of nitrogens with one attached hydrogen (secondary N) is 2. The summed E-state index contributed by atoms with van der Waals surface area (Å²) in [6, 6.07) is 4.67. The first-order chi connectivity index (χ1) is 14.4. The number of hydrogen-bond acceptors (Lipinski definition) is 6. The monoisotopic (exact) mass is 498 g/mol. The lowest BCUT2D eigenvalue weighted by Crippen LogP contribution is -2.55. The molecule has 0 fully saturated rings. The number of ether oxygens (including phenoxy) is 1. The summed E-state index contributed by atoms with van der Waals surface area (Å²) in [5.41, 5.74) is 1.38. The molecule has 0 saturated heterocycles. The molecule has 1 aliphatic rings. The van der Waals surface area contributed by atoms with Crippen LogP contribution in [-0.2, 0) is 20.7 Å². The predicted molar refractivity (Wildman–Crippen MR) is 120 cm³/mol. The van der Waals surface area contributed by atoms with E-state index in [1.165, 1.54) is 13.2 Å². The molecule has 0 saturated carbocycles. The minimum atomic E-state index is -1.70. The number of carbonyl (C=O) groups excluding carboxylic acids is 2. The minimum absolute atomic E-state index is 0.232. The zero-order chi connectivity index (χ0) is 23.3. The van der Waals surface area contributed by atoms with Crippen LogP contribution in [0.1, 0.15) is 32.8 Å². The lowest BCUT2D eigenvalue weighted by atomic mass is 9.94. The van der Waals surface area contributed by atoms with Gasteiger partial charge in [-0.05, 0) is 42.0 Å². The minimum Gasteiger partial charge on any atom is -0.387 e. The van der Waals surface area contributed by atoms with Gasteiger partial charge in [-0.15, -0.1) is 0 Å². The summed E-state index contributed by atoms with van der Waals surface area (Å²) in [6.07, 6.45) is -2.25. The van der Waals surface area contributed by atoms with Gasteiger partial charge < -0.3 is 30.7 Å². The quantitative estimate of drug-likeness (QED) is 0.362. The molecule has 1 aromatic carbocycles. The van der Waals surface area contributed by atoms with E-state index in [2.05, 4.69) is 26.6 Å². The highest BCUT2D eigenvalue weighted by atomic mass is 79.9. The van der Waals surface area contributed by atoms with E-state index in [0.717, 1.165) is 10.0 Å². The van der Waals surface area contributed by atoms with Gasteiger partial charge in [-0.2, -0.15) is 0 Å². The molecule has 1 aromatic rings. The number of hydrogen-bond donors (Lipinski definition) is 5. The Hall–Kier alpha value is -1.78. The van der Waals surface area contributed by atoms with Gasteiger partial charge in [0, 0.05) is 17.3 Å². The van der Waals surface area contributed by atoms with Crippen LogP contribution in [0.3, 0.4) is 0 Å². The smallest absolute Gasteiger partial charge is 0.252 e. The zero-order valence-corrected chi connectivity index (χ0v) is 19.7. The third-order valence-corrected chi connectivity index (χ3v) is 5.47. The number of methoxy groups -OCH3 is 1. The Morgan fingerprint density at radius 2 is 1.97 bits per heavy atom. The number of anilines is 1. The third kappa shape index (κ3) is 7.11. The van der Waals surface area contributed by atoms with Crippen LogP contribution in [0.4, 0.5) is 5.69 Å². The van der Waals surface area contributed by atoms with Crippen molar-refractivity contribution in [3.05, 3.63) is 40.4 Å². The average Bonchev–Trinajstić information content (AvgIpc) is 2.84. The van der Waals surface area contributed by atoms with Crippen LogP contribution in [0.5, 0.6) is 0 Å². The van der Waals surface area contributed by atoms with Crippen molar-refractivity contribution in [1.82, 2.24) is 5.32 Å². The van der Waals surface area contributed by atoms with E-state index in [1.807, 2.05) is 32.9 Å². The van der Waals surface area contributed by atoms with E-state index >= 15 is 0 Å². The number of aryl methyl sites for hydroxylation is 1. The molecule has 172 valence electrons. The topological polar surface area (TPSA) is 128 Å². The lowest BCUT2D eigenvalue weighted by molar-refractivity contribution is -0.150. The molecule has 1 unspecified atom stereocenters. The number of benzene rings is 1. The van der Waals surface area contributed by atoms with Crippen molar-refractivity contribution < 1.29 is 29.6 Å². The first kappa shape index (κ1) is 25.5. The summed E-state index contributed by atoms with van der Waals surface area (Å²) in [5, 5.41) is 36.2.